The van der Waals surface area contributed by atoms with Crippen LogP contribution in [0.2, 0.25) is 0 Å². The van der Waals surface area contributed by atoms with E-state index in [1.54, 1.807) is 17.3 Å². The van der Waals surface area contributed by atoms with Gasteiger partial charge in [-0.05, 0) is 62.6 Å². The first-order chi connectivity index (χ1) is 22.7. The molecule has 1 aliphatic rings. The molecule has 5 atom stereocenters. The standard InChI is InChI=1S/C36H56N6O5S/c1-22(2)18-26(19-25-14-10-9-11-15-25)38-32(43)27-21-48-34(39-27)30(47-36(37)46)20-29(23(3)4)42(8)35(45)31(24(5)6)40-33(44)28-16-12-13-17-41(28)7/h9-11,14-15,21-24,26,28-31H,12-13,16-20H2,1-8H3,(H2,37,46)(H,38,43)(H,40,44)/t26-,28-,29-,30-,31+/m1/s1. The molecular weight excluding hydrogens is 629 g/mol. The van der Waals surface area contributed by atoms with Crippen LogP contribution in [0, 0.1) is 17.8 Å². The molecule has 1 aromatic heterocycles. The van der Waals surface area contributed by atoms with Gasteiger partial charge in [-0.1, -0.05) is 78.3 Å². The zero-order chi connectivity index (χ0) is 35.5. The molecule has 266 valence electrons. The molecule has 48 heavy (non-hydrogen) atoms. The van der Waals surface area contributed by atoms with Crippen LogP contribution < -0.4 is 16.4 Å². The molecule has 4 amide bonds. The topological polar surface area (TPSA) is 147 Å². The van der Waals surface area contributed by atoms with E-state index in [1.807, 2.05) is 70.0 Å². The van der Waals surface area contributed by atoms with Crippen LogP contribution in [0.3, 0.4) is 0 Å². The third-order valence-electron chi connectivity index (χ3n) is 9.08. The van der Waals surface area contributed by atoms with E-state index in [1.165, 1.54) is 11.3 Å². The van der Waals surface area contributed by atoms with Gasteiger partial charge >= 0.3 is 6.09 Å². The number of carbonyl (C=O) groups is 4. The number of hydrogen-bond donors (Lipinski definition) is 3. The van der Waals surface area contributed by atoms with Crippen LogP contribution in [0.15, 0.2) is 35.7 Å². The molecule has 4 N–H and O–H groups in total. The van der Waals surface area contributed by atoms with Crippen molar-refractivity contribution in [3.8, 4) is 0 Å². The van der Waals surface area contributed by atoms with Crippen molar-refractivity contribution in [2.45, 2.75) is 110 Å². The predicted octanol–water partition coefficient (Wildman–Crippen LogP) is 5.16. The summed E-state index contributed by atoms with van der Waals surface area (Å²) in [5.41, 5.74) is 6.87. The van der Waals surface area contributed by atoms with Gasteiger partial charge < -0.3 is 26.0 Å². The lowest BCUT2D eigenvalue weighted by Gasteiger charge is -2.37. The quantitative estimate of drug-likeness (QED) is 0.221. The van der Waals surface area contributed by atoms with E-state index < -0.39 is 18.2 Å². The van der Waals surface area contributed by atoms with Crippen molar-refractivity contribution in [1.82, 2.24) is 25.4 Å². The Labute approximate surface area is 290 Å². The Morgan fingerprint density at radius 2 is 1.71 bits per heavy atom. The van der Waals surface area contributed by atoms with E-state index in [-0.39, 0.29) is 59.8 Å². The maximum atomic E-state index is 14.0. The number of nitrogens with zero attached hydrogens (tertiary/aromatic N) is 3. The van der Waals surface area contributed by atoms with Crippen molar-refractivity contribution < 1.29 is 23.9 Å². The number of amides is 4. The molecule has 0 radical (unpaired) electrons. The van der Waals surface area contributed by atoms with Gasteiger partial charge in [0.2, 0.25) is 11.8 Å². The van der Waals surface area contributed by atoms with Gasteiger partial charge in [-0.25, -0.2) is 9.78 Å². The van der Waals surface area contributed by atoms with Gasteiger partial charge in [0.25, 0.3) is 5.91 Å². The van der Waals surface area contributed by atoms with E-state index in [0.29, 0.717) is 17.3 Å². The molecule has 0 aliphatic carbocycles. The number of rotatable bonds is 16. The summed E-state index contributed by atoms with van der Waals surface area (Å²) < 4.78 is 5.56. The molecule has 3 rings (SSSR count). The first-order valence-electron chi connectivity index (χ1n) is 17.2. The molecule has 1 aromatic carbocycles. The van der Waals surface area contributed by atoms with Crippen molar-refractivity contribution in [3.63, 3.8) is 0 Å². The number of likely N-dealkylation sites (tertiary alicyclic amines) is 1. The lowest BCUT2D eigenvalue weighted by molar-refractivity contribution is -0.141. The second kappa shape index (κ2) is 18.3. The molecule has 2 aromatic rings. The molecule has 1 aliphatic heterocycles. The number of nitrogens with two attached hydrogens (primary N) is 1. The van der Waals surface area contributed by atoms with E-state index in [2.05, 4.69) is 29.5 Å². The van der Waals surface area contributed by atoms with Gasteiger partial charge in [0, 0.05) is 30.9 Å². The molecule has 1 saturated heterocycles. The Balaban J connectivity index is 1.77. The van der Waals surface area contributed by atoms with Crippen molar-refractivity contribution in [3.05, 3.63) is 52.0 Å². The van der Waals surface area contributed by atoms with Crippen molar-refractivity contribution >= 4 is 35.2 Å². The van der Waals surface area contributed by atoms with Crippen molar-refractivity contribution in [2.75, 3.05) is 20.6 Å². The zero-order valence-electron chi connectivity index (χ0n) is 29.9. The molecule has 12 heteroatoms. The number of piperidine rings is 1. The van der Waals surface area contributed by atoms with Gasteiger partial charge in [-0.3, -0.25) is 19.3 Å². The highest BCUT2D eigenvalue weighted by molar-refractivity contribution is 7.09. The third kappa shape index (κ3) is 11.3. The highest BCUT2D eigenvalue weighted by Gasteiger charge is 2.37. The largest absolute Gasteiger partial charge is 0.439 e. The Kier molecular flexibility index (Phi) is 14.8. The van der Waals surface area contributed by atoms with Crippen LogP contribution in [-0.2, 0) is 20.7 Å². The summed E-state index contributed by atoms with van der Waals surface area (Å²) in [6, 6.07) is 8.58. The molecule has 0 spiro atoms. The van der Waals surface area contributed by atoms with E-state index >= 15 is 0 Å². The van der Waals surface area contributed by atoms with Crippen LogP contribution in [0.5, 0.6) is 0 Å². The average molecular weight is 685 g/mol. The summed E-state index contributed by atoms with van der Waals surface area (Å²) in [7, 11) is 3.66. The molecule has 1 fully saturated rings. The average Bonchev–Trinajstić information content (AvgIpc) is 3.52. The minimum Gasteiger partial charge on any atom is -0.439 e. The molecule has 2 heterocycles. The van der Waals surface area contributed by atoms with E-state index in [0.717, 1.165) is 37.8 Å². The highest BCUT2D eigenvalue weighted by Crippen LogP contribution is 2.31. The van der Waals surface area contributed by atoms with Crippen molar-refractivity contribution in [1.29, 1.82) is 0 Å². The smallest absolute Gasteiger partial charge is 0.405 e. The summed E-state index contributed by atoms with van der Waals surface area (Å²) in [5.74, 6) is -0.469. The monoisotopic (exact) mass is 684 g/mol. The molecule has 11 nitrogen and oxygen atoms in total. The second-order valence-corrected chi connectivity index (χ2v) is 15.1. The van der Waals surface area contributed by atoms with Crippen molar-refractivity contribution in [2.24, 2.45) is 23.5 Å². The summed E-state index contributed by atoms with van der Waals surface area (Å²) in [4.78, 5) is 61.0. The number of nitrogens with one attached hydrogen (secondary N) is 2. The van der Waals surface area contributed by atoms with Crippen LogP contribution in [0.4, 0.5) is 4.79 Å². The third-order valence-corrected chi connectivity index (χ3v) is 10.0. The second-order valence-electron chi connectivity index (χ2n) is 14.2. The lowest BCUT2D eigenvalue weighted by Crippen LogP contribution is -2.57. The van der Waals surface area contributed by atoms with Gasteiger partial charge in [-0.2, -0.15) is 0 Å². The normalized spacial score (nSPS) is 17.9. The van der Waals surface area contributed by atoms with E-state index in [9.17, 15) is 19.2 Å². The molecule has 0 bridgehead atoms. The number of hydrogen-bond acceptors (Lipinski definition) is 8. The fourth-order valence-corrected chi connectivity index (χ4v) is 7.29. The van der Waals surface area contributed by atoms with Crippen LogP contribution in [-0.4, -0.2) is 83.4 Å². The van der Waals surface area contributed by atoms with Gasteiger partial charge in [0.1, 0.15) is 16.7 Å². The SMILES string of the molecule is CC(C)C[C@H](Cc1ccccc1)NC(=O)c1csc([C@@H](C[C@H](C(C)C)N(C)C(=O)[C@@H](NC(=O)[C@H]2CCCCN2C)C(C)C)OC(N)=O)n1. The molecule has 0 saturated carbocycles. The summed E-state index contributed by atoms with van der Waals surface area (Å²) in [6.07, 6.45) is 2.65. The van der Waals surface area contributed by atoms with Crippen LogP contribution >= 0.6 is 11.3 Å². The fraction of sp³-hybridized carbons (Fsp3) is 0.639. The number of carbonyl (C=O) groups excluding carboxylic acids is 4. The number of primary amides is 1. The van der Waals surface area contributed by atoms with Gasteiger partial charge in [0.15, 0.2) is 6.10 Å². The minimum atomic E-state index is -0.971. The summed E-state index contributed by atoms with van der Waals surface area (Å²) >= 11 is 1.21. The van der Waals surface area contributed by atoms with Gasteiger partial charge in [0.05, 0.1) is 6.04 Å². The lowest BCUT2D eigenvalue weighted by atomic mass is 9.94. The van der Waals surface area contributed by atoms with Crippen LogP contribution in [0.25, 0.3) is 0 Å². The van der Waals surface area contributed by atoms with E-state index in [4.69, 9.17) is 10.5 Å². The Morgan fingerprint density at radius 1 is 1.02 bits per heavy atom. The Hall–Kier alpha value is -3.51. The zero-order valence-corrected chi connectivity index (χ0v) is 30.7. The number of thiazole rings is 1. The maximum absolute atomic E-state index is 14.0. The first-order valence-corrected chi connectivity index (χ1v) is 18.1. The number of likely N-dealkylation sites (N-methyl/N-ethyl adjacent to an activating group) is 2. The number of aromatic nitrogens is 1. The summed E-state index contributed by atoms with van der Waals surface area (Å²) in [5, 5.41) is 8.26. The maximum Gasteiger partial charge on any atom is 0.405 e. The number of ether oxygens (including phenoxy) is 1. The predicted molar refractivity (Wildman–Crippen MR) is 189 cm³/mol. The van der Waals surface area contributed by atoms with Crippen LogP contribution in [0.1, 0.15) is 101 Å². The fourth-order valence-electron chi connectivity index (χ4n) is 6.45. The molecule has 0 unspecified atom stereocenters. The minimum absolute atomic E-state index is 0.0385. The highest BCUT2D eigenvalue weighted by atomic mass is 32.1. The Bertz CT molecular complexity index is 1350. The van der Waals surface area contributed by atoms with Gasteiger partial charge in [-0.15, -0.1) is 11.3 Å². The molecular formula is C36H56N6O5S. The summed E-state index contributed by atoms with van der Waals surface area (Å²) in [6.45, 7) is 12.9. The number of benzene rings is 1. The Morgan fingerprint density at radius 3 is 2.29 bits per heavy atom. The first kappa shape index (κ1) is 38.9.